The molecule has 0 saturated carbocycles. The van der Waals surface area contributed by atoms with Crippen molar-refractivity contribution in [1.29, 1.82) is 0 Å². The summed E-state index contributed by atoms with van der Waals surface area (Å²) in [5.74, 6) is -1.97. The predicted molar refractivity (Wildman–Crippen MR) is 105 cm³/mol. The molecule has 2 heterocycles. The highest BCUT2D eigenvalue weighted by Gasteiger charge is 2.25. The molecule has 0 bridgehead atoms. The first kappa shape index (κ1) is 19.3. The molecular formula is C21H21F2NO2S. The van der Waals surface area contributed by atoms with E-state index in [1.807, 2.05) is 34.7 Å². The number of carbonyl (C=O) groups is 1. The summed E-state index contributed by atoms with van der Waals surface area (Å²) >= 11 is 1.56. The van der Waals surface area contributed by atoms with Crippen molar-refractivity contribution in [3.05, 3.63) is 69.6 Å². The molecule has 0 aliphatic carbocycles. The number of anilines is 1. The highest BCUT2D eigenvalue weighted by molar-refractivity contribution is 7.08. The maximum absolute atomic E-state index is 14.0. The quantitative estimate of drug-likeness (QED) is 0.626. The van der Waals surface area contributed by atoms with Crippen LogP contribution in [0.15, 0.2) is 46.8 Å². The number of hydrogen-bond donors (Lipinski definition) is 0. The van der Waals surface area contributed by atoms with Crippen molar-refractivity contribution in [2.75, 3.05) is 18.1 Å². The van der Waals surface area contributed by atoms with E-state index in [1.54, 1.807) is 24.3 Å². The average Bonchev–Trinajstić information content (AvgIpc) is 3.14. The molecule has 0 amide bonds. The van der Waals surface area contributed by atoms with Crippen molar-refractivity contribution in [2.45, 2.75) is 26.7 Å². The van der Waals surface area contributed by atoms with Crippen molar-refractivity contribution in [3.8, 4) is 0 Å². The summed E-state index contributed by atoms with van der Waals surface area (Å²) in [6.45, 7) is 4.13. The van der Waals surface area contributed by atoms with Gasteiger partial charge in [-0.1, -0.05) is 18.2 Å². The molecule has 2 aromatic rings. The smallest absolute Gasteiger partial charge is 0.325 e. The van der Waals surface area contributed by atoms with Crippen LogP contribution in [0.4, 0.5) is 14.5 Å². The number of aryl methyl sites for hydroxylation is 1. The lowest BCUT2D eigenvalue weighted by molar-refractivity contribution is -0.141. The normalized spacial score (nSPS) is 14.9. The molecule has 0 atom stereocenters. The van der Waals surface area contributed by atoms with E-state index in [0.717, 1.165) is 28.6 Å². The van der Waals surface area contributed by atoms with Gasteiger partial charge in [-0.25, -0.2) is 8.78 Å². The van der Waals surface area contributed by atoms with Crippen molar-refractivity contribution in [1.82, 2.24) is 0 Å². The number of fused-ring (bicyclic) bond motifs is 1. The first-order valence-electron chi connectivity index (χ1n) is 8.84. The second-order valence-corrected chi connectivity index (χ2v) is 6.90. The number of rotatable bonds is 6. The molecule has 142 valence electrons. The third-order valence-electron chi connectivity index (χ3n) is 4.50. The number of thiophene rings is 1. The van der Waals surface area contributed by atoms with Crippen molar-refractivity contribution in [2.24, 2.45) is 0 Å². The molecule has 3 nitrogen and oxygen atoms in total. The van der Waals surface area contributed by atoms with Gasteiger partial charge in [0.15, 0.2) is 11.6 Å². The number of hydrogen-bond acceptors (Lipinski definition) is 4. The van der Waals surface area contributed by atoms with Gasteiger partial charge in [0, 0.05) is 22.0 Å². The Morgan fingerprint density at radius 1 is 1.26 bits per heavy atom. The second kappa shape index (κ2) is 8.48. The van der Waals surface area contributed by atoms with Gasteiger partial charge in [0.25, 0.3) is 0 Å². The highest BCUT2D eigenvalue weighted by Crippen LogP contribution is 2.39. The molecule has 0 spiro atoms. The van der Waals surface area contributed by atoms with Crippen LogP contribution in [0.1, 0.15) is 31.4 Å². The third kappa shape index (κ3) is 4.11. The van der Waals surface area contributed by atoms with Gasteiger partial charge < -0.3 is 9.64 Å². The van der Waals surface area contributed by atoms with Crippen LogP contribution >= 0.6 is 11.3 Å². The van der Waals surface area contributed by atoms with E-state index in [2.05, 4.69) is 0 Å². The maximum atomic E-state index is 14.0. The Kier molecular flexibility index (Phi) is 6.06. The molecule has 0 unspecified atom stereocenters. The SMILES string of the molecule is C/C=C1/C=C(CCc2cccc(F)c2F)N(CC(=O)OCC)c2cscc21. The largest absolute Gasteiger partial charge is 0.465 e. The molecule has 1 aromatic heterocycles. The summed E-state index contributed by atoms with van der Waals surface area (Å²) in [7, 11) is 0. The van der Waals surface area contributed by atoms with E-state index in [0.29, 0.717) is 25.0 Å². The Morgan fingerprint density at radius 2 is 2.07 bits per heavy atom. The summed E-state index contributed by atoms with van der Waals surface area (Å²) < 4.78 is 32.6. The molecule has 0 saturated heterocycles. The lowest BCUT2D eigenvalue weighted by Crippen LogP contribution is -2.32. The van der Waals surface area contributed by atoms with Crippen LogP contribution in [0.3, 0.4) is 0 Å². The van der Waals surface area contributed by atoms with Crippen LogP contribution in [0.5, 0.6) is 0 Å². The van der Waals surface area contributed by atoms with Gasteiger partial charge in [-0.2, -0.15) is 0 Å². The van der Waals surface area contributed by atoms with E-state index in [9.17, 15) is 13.6 Å². The maximum Gasteiger partial charge on any atom is 0.325 e. The Hall–Kier alpha value is -2.47. The van der Waals surface area contributed by atoms with Crippen molar-refractivity contribution in [3.63, 3.8) is 0 Å². The molecule has 3 rings (SSSR count). The van der Waals surface area contributed by atoms with Crippen molar-refractivity contribution >= 4 is 28.6 Å². The molecular weight excluding hydrogens is 368 g/mol. The van der Waals surface area contributed by atoms with E-state index >= 15 is 0 Å². The Bertz CT molecular complexity index is 901. The summed E-state index contributed by atoms with van der Waals surface area (Å²) in [6, 6.07) is 4.21. The topological polar surface area (TPSA) is 29.5 Å². The van der Waals surface area contributed by atoms with Crippen LogP contribution < -0.4 is 4.90 Å². The van der Waals surface area contributed by atoms with Gasteiger partial charge >= 0.3 is 5.97 Å². The third-order valence-corrected chi connectivity index (χ3v) is 5.23. The number of esters is 1. The number of allylic oxidation sites excluding steroid dienone is 4. The molecule has 0 N–H and O–H groups in total. The zero-order valence-electron chi connectivity index (χ0n) is 15.3. The monoisotopic (exact) mass is 389 g/mol. The highest BCUT2D eigenvalue weighted by atomic mass is 32.1. The van der Waals surface area contributed by atoms with Gasteiger partial charge in [0.1, 0.15) is 6.54 Å². The number of benzene rings is 1. The van der Waals surface area contributed by atoms with Gasteiger partial charge in [-0.05, 0) is 50.0 Å². The van der Waals surface area contributed by atoms with E-state index < -0.39 is 11.6 Å². The van der Waals surface area contributed by atoms with Crippen LogP contribution in [0, 0.1) is 11.6 Å². The van der Waals surface area contributed by atoms with E-state index in [4.69, 9.17) is 4.74 Å². The number of halogens is 2. The first-order chi connectivity index (χ1) is 13.0. The Balaban J connectivity index is 1.88. The minimum absolute atomic E-state index is 0.0893. The van der Waals surface area contributed by atoms with Crippen LogP contribution in [0.25, 0.3) is 5.57 Å². The lowest BCUT2D eigenvalue weighted by Gasteiger charge is -2.31. The van der Waals surface area contributed by atoms with Crippen LogP contribution in [0.2, 0.25) is 0 Å². The lowest BCUT2D eigenvalue weighted by atomic mass is 9.97. The molecule has 0 fully saturated rings. The summed E-state index contributed by atoms with van der Waals surface area (Å²) in [5.41, 5.74) is 4.27. The minimum Gasteiger partial charge on any atom is -0.465 e. The molecule has 1 aromatic carbocycles. The zero-order valence-corrected chi connectivity index (χ0v) is 16.1. The fraction of sp³-hybridized carbons (Fsp3) is 0.286. The Morgan fingerprint density at radius 3 is 2.81 bits per heavy atom. The zero-order chi connectivity index (χ0) is 19.4. The molecule has 27 heavy (non-hydrogen) atoms. The van der Waals surface area contributed by atoms with Crippen molar-refractivity contribution < 1.29 is 18.3 Å². The van der Waals surface area contributed by atoms with Gasteiger partial charge in [0.05, 0.1) is 12.3 Å². The standard InChI is InChI=1S/C21H21F2NO2S/c1-3-14-10-16(9-8-15-6-5-7-18(22)21(15)23)24(11-20(25)26-4-2)19-13-27-12-17(14)19/h3,5-7,10,12-13H,4,8-9,11H2,1-2H3/b14-3-. The van der Waals surface area contributed by atoms with Crippen LogP contribution in [-0.2, 0) is 16.0 Å². The molecule has 1 aliphatic rings. The predicted octanol–water partition coefficient (Wildman–Crippen LogP) is 5.33. The first-order valence-corrected chi connectivity index (χ1v) is 9.79. The Labute approximate surface area is 161 Å². The molecule has 6 heteroatoms. The van der Waals surface area contributed by atoms with Crippen LogP contribution in [-0.4, -0.2) is 19.1 Å². The molecule has 1 aliphatic heterocycles. The fourth-order valence-electron chi connectivity index (χ4n) is 3.18. The van der Waals surface area contributed by atoms with E-state index in [-0.39, 0.29) is 12.5 Å². The fourth-order valence-corrected chi connectivity index (χ4v) is 4.02. The van der Waals surface area contributed by atoms with E-state index in [1.165, 1.54) is 6.07 Å². The summed E-state index contributed by atoms with van der Waals surface area (Å²) in [5, 5.41) is 4.04. The molecule has 0 radical (unpaired) electrons. The van der Waals surface area contributed by atoms with Gasteiger partial charge in [0.2, 0.25) is 0 Å². The number of ether oxygens (including phenoxy) is 1. The van der Waals surface area contributed by atoms with Gasteiger partial charge in [-0.15, -0.1) is 11.3 Å². The summed E-state index contributed by atoms with van der Waals surface area (Å²) in [6.07, 6.45) is 4.83. The summed E-state index contributed by atoms with van der Waals surface area (Å²) in [4.78, 5) is 14.0. The second-order valence-electron chi connectivity index (χ2n) is 6.15. The number of nitrogens with zero attached hydrogens (tertiary/aromatic N) is 1. The minimum atomic E-state index is -0.845. The number of carbonyl (C=O) groups excluding carboxylic acids is 1. The average molecular weight is 389 g/mol. The van der Waals surface area contributed by atoms with Gasteiger partial charge in [-0.3, -0.25) is 4.79 Å².